The number of carbonyl (C=O) groups is 2. The maximum atomic E-state index is 14.8. The van der Waals surface area contributed by atoms with Gasteiger partial charge in [-0.15, -0.1) is 0 Å². The molecule has 4 aromatic rings. The number of amides is 1. The zero-order valence-electron chi connectivity index (χ0n) is 23.0. The van der Waals surface area contributed by atoms with Crippen LogP contribution in [-0.2, 0) is 18.3 Å². The summed E-state index contributed by atoms with van der Waals surface area (Å²) in [5.41, 5.74) is 0.298. The number of anilines is 1. The molecular weight excluding hydrogens is 546 g/mol. The van der Waals surface area contributed by atoms with Crippen LogP contribution in [0.15, 0.2) is 59.5 Å². The van der Waals surface area contributed by atoms with E-state index in [0.717, 1.165) is 12.1 Å². The molecule has 0 bridgehead atoms. The standard InChI is InChI=1S/C30H30F2N4O5.CH4/c1-5-16(2)34-18-13-22(31)27(23(32)14-18)28(37)35-24(30(39)40)12-17-10-11-21(20-9-7-6-8-19(17)20)26-25(41-4)15-33-36(3)29(26)38;/h6-11,13-16,24,34H,5,12H2,1-4H3,(H,35,37)(H,39,40);1H4/t16-,24-;/m0./s1. The van der Waals surface area contributed by atoms with E-state index in [0.29, 0.717) is 28.3 Å². The van der Waals surface area contributed by atoms with Crippen LogP contribution in [0.4, 0.5) is 14.5 Å². The fraction of sp³-hybridized carbons (Fsp3) is 0.290. The number of carboxylic acids is 1. The molecule has 0 saturated heterocycles. The smallest absolute Gasteiger partial charge is 0.326 e. The molecule has 42 heavy (non-hydrogen) atoms. The summed E-state index contributed by atoms with van der Waals surface area (Å²) >= 11 is 0. The number of ether oxygens (including phenoxy) is 1. The maximum Gasteiger partial charge on any atom is 0.326 e. The summed E-state index contributed by atoms with van der Waals surface area (Å²) in [6.07, 6.45) is 1.96. The molecule has 11 heteroatoms. The molecule has 0 fully saturated rings. The van der Waals surface area contributed by atoms with Crippen molar-refractivity contribution in [2.45, 2.75) is 46.2 Å². The van der Waals surface area contributed by atoms with Crippen LogP contribution in [0.25, 0.3) is 21.9 Å². The second kappa shape index (κ2) is 13.2. The van der Waals surface area contributed by atoms with Crippen molar-refractivity contribution in [3.05, 3.63) is 87.8 Å². The molecule has 0 aliphatic rings. The van der Waals surface area contributed by atoms with Gasteiger partial charge in [0.05, 0.1) is 18.9 Å². The predicted octanol–water partition coefficient (Wildman–Crippen LogP) is 5.16. The number of carbonyl (C=O) groups excluding carboxylic acids is 1. The number of nitrogens with zero attached hydrogens (tertiary/aromatic N) is 2. The van der Waals surface area contributed by atoms with Crippen LogP contribution in [0, 0.1) is 11.6 Å². The molecule has 0 aliphatic carbocycles. The van der Waals surface area contributed by atoms with Crippen molar-refractivity contribution in [3.8, 4) is 16.9 Å². The van der Waals surface area contributed by atoms with Crippen molar-refractivity contribution >= 4 is 28.3 Å². The first kappa shape index (κ1) is 31.7. The first-order valence-corrected chi connectivity index (χ1v) is 13.0. The highest BCUT2D eigenvalue weighted by molar-refractivity contribution is 6.00. The van der Waals surface area contributed by atoms with Crippen LogP contribution in [0.1, 0.15) is 43.6 Å². The first-order valence-electron chi connectivity index (χ1n) is 13.0. The number of hydrogen-bond acceptors (Lipinski definition) is 6. The van der Waals surface area contributed by atoms with Gasteiger partial charge in [-0.3, -0.25) is 9.59 Å². The number of fused-ring (bicyclic) bond motifs is 1. The number of aryl methyl sites for hydroxylation is 1. The number of halogens is 2. The van der Waals surface area contributed by atoms with Gasteiger partial charge in [-0.25, -0.2) is 18.3 Å². The van der Waals surface area contributed by atoms with E-state index >= 15 is 0 Å². The Balaban J connectivity index is 0.00000484. The highest BCUT2D eigenvalue weighted by atomic mass is 19.1. The van der Waals surface area contributed by atoms with Crippen LogP contribution < -0.4 is 20.9 Å². The van der Waals surface area contributed by atoms with Gasteiger partial charge < -0.3 is 20.5 Å². The Bertz CT molecular complexity index is 1670. The summed E-state index contributed by atoms with van der Waals surface area (Å²) in [5.74, 6) is -4.52. The Morgan fingerprint density at radius 3 is 2.33 bits per heavy atom. The number of hydrogen-bond donors (Lipinski definition) is 3. The van der Waals surface area contributed by atoms with Gasteiger partial charge >= 0.3 is 5.97 Å². The van der Waals surface area contributed by atoms with Gasteiger partial charge in [-0.1, -0.05) is 50.7 Å². The Morgan fingerprint density at radius 2 is 1.74 bits per heavy atom. The minimum absolute atomic E-state index is 0. The molecule has 1 aromatic heterocycles. The lowest BCUT2D eigenvalue weighted by atomic mass is 9.92. The minimum Gasteiger partial charge on any atom is -0.494 e. The van der Waals surface area contributed by atoms with Gasteiger partial charge in [-0.05, 0) is 47.4 Å². The molecule has 0 radical (unpaired) electrons. The van der Waals surface area contributed by atoms with Crippen molar-refractivity contribution in [2.75, 3.05) is 12.4 Å². The Kier molecular flexibility index (Phi) is 10.0. The zero-order chi connectivity index (χ0) is 29.8. The molecule has 0 saturated carbocycles. The lowest BCUT2D eigenvalue weighted by Crippen LogP contribution is -2.43. The molecule has 1 heterocycles. The molecule has 0 aliphatic heterocycles. The van der Waals surface area contributed by atoms with Crippen LogP contribution in [0.2, 0.25) is 0 Å². The third-order valence-corrected chi connectivity index (χ3v) is 6.93. The summed E-state index contributed by atoms with van der Waals surface area (Å²) in [6.45, 7) is 3.75. The normalized spacial score (nSPS) is 12.2. The van der Waals surface area contributed by atoms with E-state index in [1.807, 2.05) is 13.8 Å². The van der Waals surface area contributed by atoms with E-state index in [-0.39, 0.29) is 42.4 Å². The lowest BCUT2D eigenvalue weighted by Gasteiger charge is -2.19. The van der Waals surface area contributed by atoms with E-state index in [1.54, 1.807) is 36.4 Å². The monoisotopic (exact) mass is 580 g/mol. The van der Waals surface area contributed by atoms with Crippen molar-refractivity contribution in [1.82, 2.24) is 15.1 Å². The second-order valence-electron chi connectivity index (χ2n) is 9.67. The van der Waals surface area contributed by atoms with Crippen LogP contribution >= 0.6 is 0 Å². The topological polar surface area (TPSA) is 123 Å². The maximum absolute atomic E-state index is 14.8. The van der Waals surface area contributed by atoms with Crippen molar-refractivity contribution in [1.29, 1.82) is 0 Å². The molecule has 3 N–H and O–H groups in total. The molecule has 4 rings (SSSR count). The molecule has 222 valence electrons. The third kappa shape index (κ3) is 6.40. The number of aliphatic carboxylic acids is 1. The van der Waals surface area contributed by atoms with Gasteiger partial charge in [0.15, 0.2) is 5.75 Å². The highest BCUT2D eigenvalue weighted by Crippen LogP contribution is 2.34. The summed E-state index contributed by atoms with van der Waals surface area (Å²) in [7, 11) is 2.95. The largest absolute Gasteiger partial charge is 0.494 e. The SMILES string of the molecule is C.CC[C@H](C)Nc1cc(F)c(C(=O)N[C@@H](Cc2ccc(-c3c(OC)cnn(C)c3=O)c3ccccc23)C(=O)O)c(F)c1. The fourth-order valence-corrected chi connectivity index (χ4v) is 4.59. The van der Waals surface area contributed by atoms with Crippen molar-refractivity contribution < 1.29 is 28.2 Å². The molecule has 3 aromatic carbocycles. The number of carboxylic acid groups (broad SMARTS) is 1. The van der Waals surface area contributed by atoms with Gasteiger partial charge in [0, 0.05) is 25.2 Å². The zero-order valence-corrected chi connectivity index (χ0v) is 23.0. The van der Waals surface area contributed by atoms with Gasteiger partial charge in [0.1, 0.15) is 23.2 Å². The third-order valence-electron chi connectivity index (χ3n) is 6.93. The molecule has 2 atom stereocenters. The fourth-order valence-electron chi connectivity index (χ4n) is 4.59. The van der Waals surface area contributed by atoms with E-state index in [2.05, 4.69) is 15.7 Å². The Hall–Kier alpha value is -4.80. The van der Waals surface area contributed by atoms with Gasteiger partial charge in [0.25, 0.3) is 11.5 Å². The quantitative estimate of drug-likeness (QED) is 0.237. The number of methoxy groups -OCH3 is 1. The molecule has 9 nitrogen and oxygen atoms in total. The Morgan fingerprint density at radius 1 is 1.10 bits per heavy atom. The number of benzene rings is 3. The van der Waals surface area contributed by atoms with E-state index in [4.69, 9.17) is 4.74 Å². The molecule has 0 spiro atoms. The molecular formula is C31H34F2N4O5. The summed E-state index contributed by atoms with van der Waals surface area (Å²) in [4.78, 5) is 38.0. The molecule has 0 unspecified atom stereocenters. The number of nitrogens with one attached hydrogen (secondary N) is 2. The van der Waals surface area contributed by atoms with Crippen LogP contribution in [0.5, 0.6) is 5.75 Å². The Labute approximate surface area is 242 Å². The van der Waals surface area contributed by atoms with Gasteiger partial charge in [-0.2, -0.15) is 5.10 Å². The van der Waals surface area contributed by atoms with Crippen LogP contribution in [-0.4, -0.2) is 46.0 Å². The first-order chi connectivity index (χ1) is 19.5. The summed E-state index contributed by atoms with van der Waals surface area (Å²) < 4.78 is 36.2. The van der Waals surface area contributed by atoms with E-state index in [9.17, 15) is 28.3 Å². The average molecular weight is 581 g/mol. The predicted molar refractivity (Wildman–Crippen MR) is 158 cm³/mol. The number of aromatic nitrogens is 2. The van der Waals surface area contributed by atoms with Crippen LogP contribution in [0.3, 0.4) is 0 Å². The van der Waals surface area contributed by atoms with E-state index in [1.165, 1.54) is 25.0 Å². The lowest BCUT2D eigenvalue weighted by molar-refractivity contribution is -0.139. The summed E-state index contributed by atoms with van der Waals surface area (Å²) in [6, 6.07) is 10.8. The van der Waals surface area contributed by atoms with E-state index < -0.39 is 35.1 Å². The van der Waals surface area contributed by atoms with Crippen molar-refractivity contribution in [2.24, 2.45) is 7.05 Å². The highest BCUT2D eigenvalue weighted by Gasteiger charge is 2.27. The second-order valence-corrected chi connectivity index (χ2v) is 9.67. The molecule has 1 amide bonds. The van der Waals surface area contributed by atoms with Gasteiger partial charge in [0.2, 0.25) is 0 Å². The number of rotatable bonds is 10. The van der Waals surface area contributed by atoms with Crippen molar-refractivity contribution in [3.63, 3.8) is 0 Å². The average Bonchev–Trinajstić information content (AvgIpc) is 2.94. The minimum atomic E-state index is -1.50. The summed E-state index contributed by atoms with van der Waals surface area (Å²) in [5, 5.41) is 20.4.